The molecule has 0 aromatic carbocycles. The van der Waals surface area contributed by atoms with Crippen molar-refractivity contribution in [3.05, 3.63) is 10.0 Å². The minimum atomic E-state index is 0.746. The molecule has 18 heavy (non-hydrogen) atoms. The van der Waals surface area contributed by atoms with Crippen molar-refractivity contribution in [3.8, 4) is 0 Å². The molecule has 0 amide bonds. The van der Waals surface area contributed by atoms with Crippen LogP contribution >= 0.6 is 23.1 Å². The third-order valence-electron chi connectivity index (χ3n) is 4.04. The van der Waals surface area contributed by atoms with Crippen LogP contribution in [0.15, 0.2) is 0 Å². The van der Waals surface area contributed by atoms with Crippen LogP contribution in [0.25, 0.3) is 0 Å². The molecular weight excluding hydrogens is 268 g/mol. The Bertz CT molecular complexity index is 391. The summed E-state index contributed by atoms with van der Waals surface area (Å²) in [5.74, 6) is 0. The average molecular weight is 287 g/mol. The number of hydrogen-bond acceptors (Lipinski definition) is 5. The number of hydrogen-bond donors (Lipinski definition) is 0. The predicted molar refractivity (Wildman–Crippen MR) is 74.0 cm³/mol. The van der Waals surface area contributed by atoms with E-state index < -0.39 is 0 Å². The summed E-state index contributed by atoms with van der Waals surface area (Å²) in [5, 5.41) is 4.10. The lowest BCUT2D eigenvalue weighted by molar-refractivity contribution is 0.161. The van der Waals surface area contributed by atoms with Crippen LogP contribution in [-0.4, -0.2) is 51.6 Å². The molecule has 0 saturated carbocycles. The van der Waals surface area contributed by atoms with Gasteiger partial charge in [-0.25, -0.2) is 0 Å². The molecule has 4 nitrogen and oxygen atoms in total. The van der Waals surface area contributed by atoms with Crippen molar-refractivity contribution >= 4 is 23.1 Å². The second-order valence-corrected chi connectivity index (χ2v) is 6.62. The van der Waals surface area contributed by atoms with Gasteiger partial charge in [0.15, 0.2) is 0 Å². The lowest BCUT2D eigenvalue weighted by Gasteiger charge is -2.32. The van der Waals surface area contributed by atoms with Gasteiger partial charge < -0.3 is 0 Å². The summed E-state index contributed by atoms with van der Waals surface area (Å²) in [4.78, 5) is 5.13. The first-order valence-electron chi connectivity index (χ1n) is 6.76. The van der Waals surface area contributed by atoms with Crippen molar-refractivity contribution in [2.45, 2.75) is 38.3 Å². The van der Waals surface area contributed by atoms with E-state index in [-0.39, 0.29) is 0 Å². The van der Waals surface area contributed by atoms with E-state index in [1.165, 1.54) is 50.3 Å². The van der Waals surface area contributed by atoms with Crippen LogP contribution in [0.3, 0.4) is 0 Å². The first-order chi connectivity index (χ1) is 8.83. The highest BCUT2D eigenvalue weighted by molar-refractivity contribution is 7.10. The van der Waals surface area contributed by atoms with E-state index in [9.17, 15) is 0 Å². The summed E-state index contributed by atoms with van der Waals surface area (Å²) in [6, 6.07) is 0.746. The fourth-order valence-electron chi connectivity index (χ4n) is 3.04. The topological polar surface area (TPSA) is 32.3 Å². The van der Waals surface area contributed by atoms with Crippen LogP contribution in [0.1, 0.15) is 31.4 Å². The van der Waals surface area contributed by atoms with E-state index in [1.54, 1.807) is 0 Å². The minimum absolute atomic E-state index is 0.746. The van der Waals surface area contributed by atoms with Gasteiger partial charge in [0, 0.05) is 37.2 Å². The van der Waals surface area contributed by atoms with E-state index >= 15 is 0 Å². The molecule has 2 aliphatic heterocycles. The van der Waals surface area contributed by atoms with Crippen LogP contribution in [0.5, 0.6) is 0 Å². The summed E-state index contributed by atoms with van der Waals surface area (Å²) < 4.78 is 4.64. The van der Waals surface area contributed by atoms with Crippen molar-refractivity contribution in [2.75, 3.05) is 26.2 Å². The Kier molecular flexibility index (Phi) is 4.13. The second-order valence-electron chi connectivity index (χ2n) is 5.27. The third kappa shape index (κ3) is 2.85. The zero-order valence-corrected chi connectivity index (χ0v) is 12.1. The van der Waals surface area contributed by atoms with E-state index in [1.807, 2.05) is 0 Å². The first-order valence-corrected chi connectivity index (χ1v) is 7.91. The Morgan fingerprint density at radius 2 is 2.06 bits per heavy atom. The Labute approximate surface area is 117 Å². The van der Waals surface area contributed by atoms with Crippen LogP contribution in [-0.2, 0) is 6.54 Å². The third-order valence-corrected chi connectivity index (χ3v) is 5.02. The summed E-state index contributed by atoms with van der Waals surface area (Å²) >= 11 is 7.34. The van der Waals surface area contributed by atoms with Crippen LogP contribution in [0.4, 0.5) is 0 Å². The standard InChI is InChI=1S/C12H19ClN4S/c13-12-11(14-15-18-12)9-16-7-4-10(8-16)17-5-2-1-3-6-17/h10H,1-9H2. The molecule has 3 heterocycles. The average Bonchev–Trinajstić information content (AvgIpc) is 3.02. The fraction of sp³-hybridized carbons (Fsp3) is 0.833. The summed E-state index contributed by atoms with van der Waals surface area (Å²) in [6.07, 6.45) is 5.44. The van der Waals surface area contributed by atoms with E-state index in [0.29, 0.717) is 0 Å². The smallest absolute Gasteiger partial charge is 0.138 e. The van der Waals surface area contributed by atoms with Crippen molar-refractivity contribution in [1.82, 2.24) is 19.4 Å². The largest absolute Gasteiger partial charge is 0.299 e. The number of halogens is 1. The van der Waals surface area contributed by atoms with E-state index in [4.69, 9.17) is 11.6 Å². The minimum Gasteiger partial charge on any atom is -0.299 e. The van der Waals surface area contributed by atoms with E-state index in [0.717, 1.165) is 35.7 Å². The quantitative estimate of drug-likeness (QED) is 0.853. The van der Waals surface area contributed by atoms with Gasteiger partial charge in [0.2, 0.25) is 0 Å². The maximum atomic E-state index is 6.06. The van der Waals surface area contributed by atoms with Crippen LogP contribution < -0.4 is 0 Å². The molecule has 1 aromatic rings. The van der Waals surface area contributed by atoms with Gasteiger partial charge in [-0.2, -0.15) is 0 Å². The number of nitrogens with zero attached hydrogens (tertiary/aromatic N) is 4. The van der Waals surface area contributed by atoms with Gasteiger partial charge in [-0.05, 0) is 32.4 Å². The van der Waals surface area contributed by atoms with E-state index in [2.05, 4.69) is 19.4 Å². The van der Waals surface area contributed by atoms with Gasteiger partial charge in [0.1, 0.15) is 10.0 Å². The second kappa shape index (κ2) is 5.82. The molecule has 0 radical (unpaired) electrons. The number of likely N-dealkylation sites (tertiary alicyclic amines) is 2. The Balaban J connectivity index is 1.53. The lowest BCUT2D eigenvalue weighted by Crippen LogP contribution is -2.40. The molecule has 100 valence electrons. The monoisotopic (exact) mass is 286 g/mol. The Morgan fingerprint density at radius 1 is 1.22 bits per heavy atom. The molecule has 2 fully saturated rings. The molecule has 1 aromatic heterocycles. The molecule has 1 unspecified atom stereocenters. The lowest BCUT2D eigenvalue weighted by atomic mass is 10.1. The number of rotatable bonds is 3. The normalized spacial score (nSPS) is 26.8. The highest BCUT2D eigenvalue weighted by Gasteiger charge is 2.29. The van der Waals surface area contributed by atoms with Crippen molar-refractivity contribution in [2.24, 2.45) is 0 Å². The van der Waals surface area contributed by atoms with Gasteiger partial charge >= 0.3 is 0 Å². The molecule has 1 atom stereocenters. The molecule has 3 rings (SSSR count). The van der Waals surface area contributed by atoms with Crippen molar-refractivity contribution < 1.29 is 0 Å². The summed E-state index contributed by atoms with van der Waals surface area (Å²) in [6.45, 7) is 5.76. The molecule has 6 heteroatoms. The molecule has 0 bridgehead atoms. The Hall–Kier alpha value is -0.230. The molecular formula is C12H19ClN4S. The molecule has 0 aliphatic carbocycles. The van der Waals surface area contributed by atoms with Gasteiger partial charge in [-0.15, -0.1) is 5.10 Å². The highest BCUT2D eigenvalue weighted by Crippen LogP contribution is 2.24. The first kappa shape index (κ1) is 12.8. The maximum absolute atomic E-state index is 6.06. The molecule has 0 spiro atoms. The molecule has 0 N–H and O–H groups in total. The SMILES string of the molecule is Clc1snnc1CN1CCC(N2CCCCC2)C1. The zero-order chi connectivity index (χ0) is 12.4. The Morgan fingerprint density at radius 3 is 2.78 bits per heavy atom. The van der Waals surface area contributed by atoms with Gasteiger partial charge in [0.25, 0.3) is 0 Å². The van der Waals surface area contributed by atoms with Gasteiger partial charge in [0.05, 0.1) is 0 Å². The van der Waals surface area contributed by atoms with Crippen LogP contribution in [0.2, 0.25) is 4.34 Å². The number of aromatic nitrogens is 2. The summed E-state index contributed by atoms with van der Waals surface area (Å²) in [7, 11) is 0. The van der Waals surface area contributed by atoms with Gasteiger partial charge in [-0.3, -0.25) is 9.80 Å². The molecule has 2 aliphatic rings. The van der Waals surface area contributed by atoms with Gasteiger partial charge in [-0.1, -0.05) is 22.5 Å². The molecule has 2 saturated heterocycles. The predicted octanol–water partition coefficient (Wildman–Crippen LogP) is 2.25. The summed E-state index contributed by atoms with van der Waals surface area (Å²) in [5.41, 5.74) is 0.945. The fourth-order valence-corrected chi connectivity index (χ4v) is 3.65. The zero-order valence-electron chi connectivity index (χ0n) is 10.5. The maximum Gasteiger partial charge on any atom is 0.138 e. The van der Waals surface area contributed by atoms with Crippen LogP contribution in [0, 0.1) is 0 Å². The van der Waals surface area contributed by atoms with Crippen molar-refractivity contribution in [1.29, 1.82) is 0 Å². The number of piperidine rings is 1. The van der Waals surface area contributed by atoms with Crippen molar-refractivity contribution in [3.63, 3.8) is 0 Å². The highest BCUT2D eigenvalue weighted by atomic mass is 35.5.